The molecule has 37 heavy (non-hydrogen) atoms. The van der Waals surface area contributed by atoms with Crippen molar-refractivity contribution in [2.45, 2.75) is 33.2 Å². The average Bonchev–Trinajstić information content (AvgIpc) is 3.25. The molecule has 0 atom stereocenters. The molecule has 0 amide bonds. The van der Waals surface area contributed by atoms with Gasteiger partial charge in [-0.2, -0.15) is 5.10 Å². The summed E-state index contributed by atoms with van der Waals surface area (Å²) in [4.78, 5) is 13.4. The molecule has 188 valence electrons. The van der Waals surface area contributed by atoms with Gasteiger partial charge in [-0.3, -0.25) is 4.68 Å². The lowest BCUT2D eigenvalue weighted by atomic mass is 10.1. The number of hydrogen-bond donors (Lipinski definition) is 2. The number of benzene rings is 2. The Morgan fingerprint density at radius 3 is 2.62 bits per heavy atom. The number of aromatic nitrogens is 4. The van der Waals surface area contributed by atoms with E-state index in [0.29, 0.717) is 29.3 Å². The first-order valence-electron chi connectivity index (χ1n) is 12.2. The Morgan fingerprint density at radius 1 is 1.14 bits per heavy atom. The minimum atomic E-state index is -0.348. The highest BCUT2D eigenvalue weighted by Crippen LogP contribution is 2.33. The summed E-state index contributed by atoms with van der Waals surface area (Å²) in [5.41, 5.74) is 16.4. The van der Waals surface area contributed by atoms with Crippen LogP contribution in [0.4, 0.5) is 21.7 Å². The first-order chi connectivity index (χ1) is 17.9. The van der Waals surface area contributed by atoms with Crippen molar-refractivity contribution in [2.75, 3.05) is 18.1 Å². The number of para-hydroxylation sites is 1. The maximum absolute atomic E-state index is 15.0. The summed E-state index contributed by atoms with van der Waals surface area (Å²) >= 11 is 0. The Morgan fingerprint density at radius 2 is 1.92 bits per heavy atom. The lowest BCUT2D eigenvalue weighted by Crippen LogP contribution is -2.07. The first-order valence-corrected chi connectivity index (χ1v) is 12.2. The fourth-order valence-corrected chi connectivity index (χ4v) is 4.35. The molecule has 9 heteroatoms. The third-order valence-electron chi connectivity index (χ3n) is 6.19. The topological polar surface area (TPSA) is 117 Å². The van der Waals surface area contributed by atoms with E-state index in [1.807, 2.05) is 50.3 Å². The summed E-state index contributed by atoms with van der Waals surface area (Å²) < 4.78 is 22.2. The van der Waals surface area contributed by atoms with Crippen molar-refractivity contribution in [3.05, 3.63) is 77.1 Å². The van der Waals surface area contributed by atoms with E-state index in [-0.39, 0.29) is 29.8 Å². The zero-order valence-electron chi connectivity index (χ0n) is 20.8. The van der Waals surface area contributed by atoms with Gasteiger partial charge in [0.15, 0.2) is 17.5 Å². The quantitative estimate of drug-likeness (QED) is 0.324. The molecule has 1 aliphatic carbocycles. The van der Waals surface area contributed by atoms with Gasteiger partial charge in [-0.1, -0.05) is 36.4 Å². The van der Waals surface area contributed by atoms with Gasteiger partial charge in [0.1, 0.15) is 22.9 Å². The molecule has 2 heterocycles. The van der Waals surface area contributed by atoms with Gasteiger partial charge in [0, 0.05) is 23.2 Å². The number of nitrogen functional groups attached to an aromatic ring is 2. The predicted octanol–water partition coefficient (Wildman–Crippen LogP) is 5.53. The fraction of sp³-hybridized carbons (Fsp3) is 0.214. The van der Waals surface area contributed by atoms with Gasteiger partial charge in [0.25, 0.3) is 0 Å². The van der Waals surface area contributed by atoms with Crippen molar-refractivity contribution < 1.29 is 9.13 Å². The van der Waals surface area contributed by atoms with E-state index in [1.165, 1.54) is 6.07 Å². The summed E-state index contributed by atoms with van der Waals surface area (Å²) in [7, 11) is 0. The number of hydrogen-bond acceptors (Lipinski definition) is 7. The van der Waals surface area contributed by atoms with Crippen LogP contribution in [0.5, 0.6) is 5.75 Å². The first kappa shape index (κ1) is 24.2. The lowest BCUT2D eigenvalue weighted by molar-refractivity contribution is 0.337. The number of fused-ring (bicyclic) bond motifs is 1. The molecule has 0 fully saturated rings. The number of rotatable bonds is 7. The molecule has 8 nitrogen and oxygen atoms in total. The number of allylic oxidation sites excluding steroid dienone is 4. The van der Waals surface area contributed by atoms with Crippen LogP contribution in [0.3, 0.4) is 0 Å². The third-order valence-corrected chi connectivity index (χ3v) is 6.19. The van der Waals surface area contributed by atoms with Crippen molar-refractivity contribution in [3.8, 4) is 17.3 Å². The predicted molar refractivity (Wildman–Crippen MR) is 146 cm³/mol. The number of halogens is 1. The smallest absolute Gasteiger partial charge is 0.184 e. The second-order valence-corrected chi connectivity index (χ2v) is 8.77. The Hall–Kier alpha value is -4.53. The van der Waals surface area contributed by atoms with E-state index in [1.54, 1.807) is 10.9 Å². The highest BCUT2D eigenvalue weighted by molar-refractivity contribution is 5.93. The molecule has 0 saturated carbocycles. The van der Waals surface area contributed by atoms with Crippen LogP contribution in [0.15, 0.2) is 65.2 Å². The Labute approximate surface area is 214 Å². The normalized spacial score (nSPS) is 13.4. The van der Waals surface area contributed by atoms with Gasteiger partial charge in [0.05, 0.1) is 18.7 Å². The molecule has 4 aromatic rings. The summed E-state index contributed by atoms with van der Waals surface area (Å²) in [5, 5.41) is 5.56. The largest absolute Gasteiger partial charge is 0.494 e. The van der Waals surface area contributed by atoms with E-state index in [9.17, 15) is 0 Å². The van der Waals surface area contributed by atoms with Gasteiger partial charge >= 0.3 is 0 Å². The van der Waals surface area contributed by atoms with Crippen molar-refractivity contribution in [3.63, 3.8) is 0 Å². The standard InChI is InChI=1S/C28H28FN7O/c1-3-37-19-13-17(2)21(22(29)14-19)16-36-23-12-8-7-11-20(23)24(35-36)28-33-26(30)25(27(31)34-28)32-15-18-9-5-4-6-10-18/h5,7-15H,3-4,6,16H2,1-2H3,(H4,30,31,33,34). The van der Waals surface area contributed by atoms with Crippen LogP contribution in [0, 0.1) is 12.7 Å². The average molecular weight is 498 g/mol. The van der Waals surface area contributed by atoms with Crippen molar-refractivity contribution >= 4 is 34.4 Å². The zero-order chi connectivity index (χ0) is 25.9. The molecule has 0 unspecified atom stereocenters. The summed E-state index contributed by atoms with van der Waals surface area (Å²) in [6, 6.07) is 10.9. The van der Waals surface area contributed by atoms with E-state index in [4.69, 9.17) is 21.3 Å². The van der Waals surface area contributed by atoms with Crippen molar-refractivity contribution in [1.82, 2.24) is 19.7 Å². The van der Waals surface area contributed by atoms with E-state index in [0.717, 1.165) is 34.9 Å². The fourth-order valence-electron chi connectivity index (χ4n) is 4.35. The van der Waals surface area contributed by atoms with Crippen molar-refractivity contribution in [2.24, 2.45) is 4.99 Å². The van der Waals surface area contributed by atoms with Crippen LogP contribution >= 0.6 is 0 Å². The van der Waals surface area contributed by atoms with Crippen LogP contribution in [-0.2, 0) is 6.54 Å². The van der Waals surface area contributed by atoms with Gasteiger partial charge in [0.2, 0.25) is 0 Å². The number of ether oxygens (including phenoxy) is 1. The summed E-state index contributed by atoms with van der Waals surface area (Å²) in [5.74, 6) is 0.756. The second kappa shape index (κ2) is 10.2. The van der Waals surface area contributed by atoms with Crippen molar-refractivity contribution in [1.29, 1.82) is 0 Å². The summed E-state index contributed by atoms with van der Waals surface area (Å²) in [6.07, 6.45) is 9.88. The Kier molecular flexibility index (Phi) is 6.68. The van der Waals surface area contributed by atoms with Gasteiger partial charge in [-0.15, -0.1) is 0 Å². The van der Waals surface area contributed by atoms with E-state index < -0.39 is 0 Å². The van der Waals surface area contributed by atoms with Gasteiger partial charge in [-0.05, 0) is 50.0 Å². The zero-order valence-corrected chi connectivity index (χ0v) is 20.8. The number of anilines is 2. The minimum Gasteiger partial charge on any atom is -0.494 e. The summed E-state index contributed by atoms with van der Waals surface area (Å²) in [6.45, 7) is 4.42. The Balaban J connectivity index is 1.52. The highest BCUT2D eigenvalue weighted by Gasteiger charge is 2.19. The number of nitrogens with zero attached hydrogens (tertiary/aromatic N) is 5. The molecule has 5 rings (SSSR count). The molecule has 2 aromatic heterocycles. The second-order valence-electron chi connectivity index (χ2n) is 8.77. The molecule has 0 bridgehead atoms. The van der Waals surface area contributed by atoms with Gasteiger partial charge < -0.3 is 16.2 Å². The Bertz CT molecular complexity index is 1520. The van der Waals surface area contributed by atoms with Crippen LogP contribution in [0.25, 0.3) is 22.4 Å². The number of aryl methyl sites for hydroxylation is 1. The van der Waals surface area contributed by atoms with Crippen LogP contribution in [-0.4, -0.2) is 32.6 Å². The maximum atomic E-state index is 15.0. The number of aliphatic imine (C=N–C) groups is 1. The molecule has 0 radical (unpaired) electrons. The molecule has 0 aliphatic heterocycles. The maximum Gasteiger partial charge on any atom is 0.184 e. The highest BCUT2D eigenvalue weighted by atomic mass is 19.1. The van der Waals surface area contributed by atoms with Crippen LogP contribution in [0.1, 0.15) is 30.9 Å². The monoisotopic (exact) mass is 497 g/mol. The van der Waals surface area contributed by atoms with Gasteiger partial charge in [-0.25, -0.2) is 19.4 Å². The van der Waals surface area contributed by atoms with E-state index >= 15 is 4.39 Å². The molecule has 0 spiro atoms. The van der Waals surface area contributed by atoms with Crippen LogP contribution < -0.4 is 16.2 Å². The third kappa shape index (κ3) is 4.93. The molecule has 0 saturated heterocycles. The molecule has 1 aliphatic rings. The minimum absolute atomic E-state index is 0.158. The molecular formula is C28H28FN7O. The molecule has 4 N–H and O–H groups in total. The molecular weight excluding hydrogens is 469 g/mol. The lowest BCUT2D eigenvalue weighted by Gasteiger charge is -2.11. The van der Waals surface area contributed by atoms with E-state index in [2.05, 4.69) is 27.1 Å². The SMILES string of the molecule is CCOc1cc(C)c(Cn2nc(-c3nc(N)c(N=CC4=CCCC=C4)c(N)n3)c3ccccc32)c(F)c1. The molecule has 2 aromatic carbocycles. The van der Waals surface area contributed by atoms with Crippen LogP contribution in [0.2, 0.25) is 0 Å². The number of nitrogens with two attached hydrogens (primary N) is 2.